The van der Waals surface area contributed by atoms with Crippen molar-refractivity contribution >= 4 is 0 Å². The maximum absolute atomic E-state index is 10.0. The first-order valence-electron chi connectivity index (χ1n) is 8.07. The molecule has 0 spiro atoms. The lowest BCUT2D eigenvalue weighted by Crippen LogP contribution is -2.26. The normalized spacial score (nSPS) is 21.7. The average molecular weight is 313 g/mol. The van der Waals surface area contributed by atoms with Crippen LogP contribution < -0.4 is 0 Å². The molecule has 0 amide bonds. The fraction of sp³-hybridized carbons (Fsp3) is 0.444. The van der Waals surface area contributed by atoms with Gasteiger partial charge < -0.3 is 9.84 Å². The van der Waals surface area contributed by atoms with Crippen molar-refractivity contribution in [3.05, 3.63) is 47.9 Å². The monoisotopic (exact) mass is 313 g/mol. The number of hydrogen-bond acceptors (Lipinski definition) is 5. The summed E-state index contributed by atoms with van der Waals surface area (Å²) in [4.78, 5) is 11.4. The molecule has 1 fully saturated rings. The third-order valence-corrected chi connectivity index (χ3v) is 4.03. The Balaban J connectivity index is 1.75. The zero-order chi connectivity index (χ0) is 16.2. The molecule has 1 aromatic heterocycles. The minimum atomic E-state index is -0.437. The third-order valence-electron chi connectivity index (χ3n) is 4.03. The molecule has 2 heterocycles. The molecule has 0 bridgehead atoms. The van der Waals surface area contributed by atoms with E-state index in [1.807, 2.05) is 38.1 Å². The van der Waals surface area contributed by atoms with Gasteiger partial charge in [0.05, 0.1) is 24.4 Å². The smallest absolute Gasteiger partial charge is 0.143 e. The van der Waals surface area contributed by atoms with Crippen LogP contribution >= 0.6 is 0 Å². The molecule has 122 valence electrons. The molecule has 1 aliphatic rings. The summed E-state index contributed by atoms with van der Waals surface area (Å²) in [6, 6.07) is 12.1. The summed E-state index contributed by atoms with van der Waals surface area (Å²) in [7, 11) is 0. The lowest BCUT2D eigenvalue weighted by atomic mass is 10.1. The lowest BCUT2D eigenvalue weighted by Gasteiger charge is -2.15. The molecule has 1 N–H and O–H groups in total. The van der Waals surface area contributed by atoms with Gasteiger partial charge >= 0.3 is 0 Å². The van der Waals surface area contributed by atoms with E-state index in [2.05, 4.69) is 27.0 Å². The van der Waals surface area contributed by atoms with Gasteiger partial charge in [-0.05, 0) is 19.9 Å². The van der Waals surface area contributed by atoms with Gasteiger partial charge in [0, 0.05) is 31.0 Å². The molecule has 1 aromatic carbocycles. The van der Waals surface area contributed by atoms with E-state index in [0.717, 1.165) is 22.8 Å². The first-order valence-corrected chi connectivity index (χ1v) is 8.07. The SMILES string of the molecule is CCO[C@@H]1CN(Cc2nc(C)cc(-c3ccccc3)n2)C[C@H]1O. The first-order chi connectivity index (χ1) is 11.2. The Labute approximate surface area is 137 Å². The number of benzene rings is 1. The van der Waals surface area contributed by atoms with Crippen LogP contribution in [0.25, 0.3) is 11.3 Å². The van der Waals surface area contributed by atoms with Crippen LogP contribution in [-0.2, 0) is 11.3 Å². The van der Waals surface area contributed by atoms with Crippen LogP contribution in [0.4, 0.5) is 0 Å². The molecule has 5 nitrogen and oxygen atoms in total. The fourth-order valence-electron chi connectivity index (χ4n) is 3.00. The molecular formula is C18H23N3O2. The molecule has 2 aromatic rings. The van der Waals surface area contributed by atoms with Crippen LogP contribution in [0.15, 0.2) is 36.4 Å². The molecule has 0 saturated carbocycles. The minimum absolute atomic E-state index is 0.113. The largest absolute Gasteiger partial charge is 0.389 e. The Morgan fingerprint density at radius 3 is 2.74 bits per heavy atom. The summed E-state index contributed by atoms with van der Waals surface area (Å²) in [5.41, 5.74) is 2.98. The van der Waals surface area contributed by atoms with Crippen molar-refractivity contribution in [2.24, 2.45) is 0 Å². The highest BCUT2D eigenvalue weighted by Gasteiger charge is 2.32. The number of aliphatic hydroxyl groups is 1. The Hall–Kier alpha value is -1.82. The van der Waals surface area contributed by atoms with E-state index in [4.69, 9.17) is 4.74 Å². The number of aromatic nitrogens is 2. The van der Waals surface area contributed by atoms with Gasteiger partial charge in [-0.2, -0.15) is 0 Å². The van der Waals surface area contributed by atoms with Gasteiger partial charge in [0.1, 0.15) is 5.82 Å². The second-order valence-corrected chi connectivity index (χ2v) is 5.93. The Morgan fingerprint density at radius 2 is 2.00 bits per heavy atom. The summed E-state index contributed by atoms with van der Waals surface area (Å²) in [6.45, 7) is 6.50. The summed E-state index contributed by atoms with van der Waals surface area (Å²) in [5.74, 6) is 0.785. The summed E-state index contributed by atoms with van der Waals surface area (Å²) in [6.07, 6.45) is -0.549. The molecule has 3 rings (SSSR count). The Bertz CT molecular complexity index is 648. The number of ether oxygens (including phenoxy) is 1. The maximum Gasteiger partial charge on any atom is 0.143 e. The molecule has 23 heavy (non-hydrogen) atoms. The lowest BCUT2D eigenvalue weighted by molar-refractivity contribution is -0.00245. The average Bonchev–Trinajstić information content (AvgIpc) is 2.87. The van der Waals surface area contributed by atoms with E-state index in [-0.39, 0.29) is 6.10 Å². The first kappa shape index (κ1) is 16.1. The fourth-order valence-corrected chi connectivity index (χ4v) is 3.00. The number of nitrogens with zero attached hydrogens (tertiary/aromatic N) is 3. The summed E-state index contributed by atoms with van der Waals surface area (Å²) in [5, 5.41) is 10.0. The van der Waals surface area contributed by atoms with Gasteiger partial charge in [-0.15, -0.1) is 0 Å². The van der Waals surface area contributed by atoms with E-state index in [1.54, 1.807) is 0 Å². The summed E-state index contributed by atoms with van der Waals surface area (Å²) < 4.78 is 5.57. The Kier molecular flexibility index (Phi) is 5.00. The zero-order valence-electron chi connectivity index (χ0n) is 13.6. The predicted molar refractivity (Wildman–Crippen MR) is 88.9 cm³/mol. The van der Waals surface area contributed by atoms with Gasteiger partial charge in [-0.3, -0.25) is 4.90 Å². The van der Waals surface area contributed by atoms with Crippen LogP contribution in [0, 0.1) is 6.92 Å². The van der Waals surface area contributed by atoms with Crippen molar-refractivity contribution in [2.45, 2.75) is 32.6 Å². The molecule has 1 saturated heterocycles. The topological polar surface area (TPSA) is 58.5 Å². The van der Waals surface area contributed by atoms with Gasteiger partial charge in [0.2, 0.25) is 0 Å². The quantitative estimate of drug-likeness (QED) is 0.915. The molecular weight excluding hydrogens is 290 g/mol. The van der Waals surface area contributed by atoms with Crippen molar-refractivity contribution in [3.8, 4) is 11.3 Å². The molecule has 2 atom stereocenters. The molecule has 1 aliphatic heterocycles. The van der Waals surface area contributed by atoms with Gasteiger partial charge in [0.15, 0.2) is 0 Å². The van der Waals surface area contributed by atoms with Crippen LogP contribution in [0.1, 0.15) is 18.4 Å². The minimum Gasteiger partial charge on any atom is -0.389 e. The maximum atomic E-state index is 10.0. The molecule has 0 radical (unpaired) electrons. The van der Waals surface area contributed by atoms with E-state index in [0.29, 0.717) is 26.2 Å². The number of aliphatic hydroxyl groups excluding tert-OH is 1. The highest BCUT2D eigenvalue weighted by atomic mass is 16.5. The second-order valence-electron chi connectivity index (χ2n) is 5.93. The number of hydrogen-bond donors (Lipinski definition) is 1. The number of likely N-dealkylation sites (tertiary alicyclic amines) is 1. The highest BCUT2D eigenvalue weighted by molar-refractivity contribution is 5.58. The zero-order valence-corrected chi connectivity index (χ0v) is 13.6. The number of rotatable bonds is 5. The van der Waals surface area contributed by atoms with E-state index in [9.17, 15) is 5.11 Å². The second kappa shape index (κ2) is 7.17. The van der Waals surface area contributed by atoms with Crippen molar-refractivity contribution in [1.29, 1.82) is 0 Å². The highest BCUT2D eigenvalue weighted by Crippen LogP contribution is 2.19. The van der Waals surface area contributed by atoms with Gasteiger partial charge in [0.25, 0.3) is 0 Å². The predicted octanol–water partition coefficient (Wildman–Crippen LogP) is 2.03. The van der Waals surface area contributed by atoms with Crippen molar-refractivity contribution < 1.29 is 9.84 Å². The van der Waals surface area contributed by atoms with Gasteiger partial charge in [-0.25, -0.2) is 9.97 Å². The van der Waals surface area contributed by atoms with Crippen LogP contribution in [0.2, 0.25) is 0 Å². The molecule has 0 unspecified atom stereocenters. The summed E-state index contributed by atoms with van der Waals surface area (Å²) >= 11 is 0. The van der Waals surface area contributed by atoms with E-state index in [1.165, 1.54) is 0 Å². The van der Waals surface area contributed by atoms with E-state index >= 15 is 0 Å². The van der Waals surface area contributed by atoms with Crippen molar-refractivity contribution in [2.75, 3.05) is 19.7 Å². The van der Waals surface area contributed by atoms with Crippen LogP contribution in [0.3, 0.4) is 0 Å². The molecule has 0 aliphatic carbocycles. The van der Waals surface area contributed by atoms with Crippen LogP contribution in [0.5, 0.6) is 0 Å². The van der Waals surface area contributed by atoms with Crippen LogP contribution in [-0.4, -0.2) is 51.9 Å². The van der Waals surface area contributed by atoms with Crippen molar-refractivity contribution in [1.82, 2.24) is 14.9 Å². The number of aryl methyl sites for hydroxylation is 1. The standard InChI is InChI=1S/C18H23N3O2/c1-3-23-17-11-21(10-16(17)22)12-18-19-13(2)9-15(20-18)14-7-5-4-6-8-14/h4-9,16-17,22H,3,10-12H2,1-2H3/t16-,17-/m1/s1. The number of β-amino-alcohol motifs (C(OH)–C–C–N with tert-alkyl or cyclic N) is 1. The third kappa shape index (κ3) is 3.93. The molecule has 5 heteroatoms. The van der Waals surface area contributed by atoms with Crippen molar-refractivity contribution in [3.63, 3.8) is 0 Å². The van der Waals surface area contributed by atoms with E-state index < -0.39 is 6.10 Å². The Morgan fingerprint density at radius 1 is 1.22 bits per heavy atom. The van der Waals surface area contributed by atoms with Gasteiger partial charge in [-0.1, -0.05) is 30.3 Å².